The molecular formula is C47H85O13P. The Hall–Kier alpha value is -1.93. The largest absolute Gasteiger partial charge is 0.472 e. The van der Waals surface area contributed by atoms with E-state index in [1.807, 2.05) is 0 Å². The van der Waals surface area contributed by atoms with E-state index >= 15 is 0 Å². The van der Waals surface area contributed by atoms with Crippen LogP contribution < -0.4 is 0 Å². The lowest BCUT2D eigenvalue weighted by Gasteiger charge is -2.41. The van der Waals surface area contributed by atoms with Crippen molar-refractivity contribution in [3.63, 3.8) is 0 Å². The summed E-state index contributed by atoms with van der Waals surface area (Å²) >= 11 is 0. The zero-order valence-corrected chi connectivity index (χ0v) is 38.6. The zero-order chi connectivity index (χ0) is 45.0. The van der Waals surface area contributed by atoms with Crippen molar-refractivity contribution >= 4 is 19.8 Å². The van der Waals surface area contributed by atoms with Crippen molar-refractivity contribution < 1.29 is 63.1 Å². The minimum absolute atomic E-state index is 0.0881. The van der Waals surface area contributed by atoms with Crippen LogP contribution in [0.3, 0.4) is 0 Å². The van der Waals surface area contributed by atoms with E-state index in [0.29, 0.717) is 12.8 Å². The summed E-state index contributed by atoms with van der Waals surface area (Å²) in [5.74, 6) is -1.14. The zero-order valence-electron chi connectivity index (χ0n) is 37.7. The highest BCUT2D eigenvalue weighted by molar-refractivity contribution is 7.47. The van der Waals surface area contributed by atoms with E-state index in [9.17, 15) is 44.6 Å². The summed E-state index contributed by atoms with van der Waals surface area (Å²) < 4.78 is 33.5. The van der Waals surface area contributed by atoms with Crippen molar-refractivity contribution in [1.82, 2.24) is 0 Å². The van der Waals surface area contributed by atoms with Gasteiger partial charge in [0.2, 0.25) is 0 Å². The Balaban J connectivity index is 2.47. The quantitative estimate of drug-likeness (QED) is 0.0147. The van der Waals surface area contributed by atoms with E-state index in [1.165, 1.54) is 96.3 Å². The number of rotatable bonds is 39. The van der Waals surface area contributed by atoms with Gasteiger partial charge in [-0.2, -0.15) is 0 Å². The number of ether oxygens (including phenoxy) is 2. The summed E-state index contributed by atoms with van der Waals surface area (Å²) in [7, 11) is -5.12. The number of aliphatic hydroxyl groups excluding tert-OH is 5. The Morgan fingerprint density at radius 1 is 0.508 bits per heavy atom. The van der Waals surface area contributed by atoms with Crippen molar-refractivity contribution in [3.05, 3.63) is 36.5 Å². The van der Waals surface area contributed by atoms with Crippen LogP contribution in [0.25, 0.3) is 0 Å². The van der Waals surface area contributed by atoms with Gasteiger partial charge in [-0.05, 0) is 70.6 Å². The molecule has 0 aromatic carbocycles. The predicted octanol–water partition coefficient (Wildman–Crippen LogP) is 9.39. The van der Waals surface area contributed by atoms with Crippen LogP contribution >= 0.6 is 7.82 Å². The maximum atomic E-state index is 12.8. The third kappa shape index (κ3) is 30.0. The first-order valence-corrected chi connectivity index (χ1v) is 25.3. The van der Waals surface area contributed by atoms with Crippen LogP contribution in [0.2, 0.25) is 0 Å². The number of hydrogen-bond donors (Lipinski definition) is 6. The topological polar surface area (TPSA) is 210 Å². The third-order valence-electron chi connectivity index (χ3n) is 11.0. The van der Waals surface area contributed by atoms with Crippen LogP contribution in [0, 0.1) is 0 Å². The molecule has 14 heteroatoms. The van der Waals surface area contributed by atoms with Gasteiger partial charge in [0.25, 0.3) is 0 Å². The lowest BCUT2D eigenvalue weighted by Crippen LogP contribution is -2.64. The molecule has 356 valence electrons. The summed E-state index contributed by atoms with van der Waals surface area (Å²) in [6.07, 6.45) is 29.1. The van der Waals surface area contributed by atoms with E-state index in [0.717, 1.165) is 57.8 Å². The molecule has 0 saturated heterocycles. The highest BCUT2D eigenvalue weighted by Crippen LogP contribution is 2.47. The number of esters is 2. The summed E-state index contributed by atoms with van der Waals surface area (Å²) in [5, 5.41) is 50.2. The molecule has 0 bridgehead atoms. The molecule has 13 nitrogen and oxygen atoms in total. The van der Waals surface area contributed by atoms with Gasteiger partial charge in [-0.3, -0.25) is 18.6 Å². The van der Waals surface area contributed by atoms with Crippen LogP contribution in [0.5, 0.6) is 0 Å². The summed E-state index contributed by atoms with van der Waals surface area (Å²) in [4.78, 5) is 35.7. The number of aliphatic hydroxyl groups is 5. The number of allylic oxidation sites excluding steroid dienone is 6. The summed E-state index contributed by atoms with van der Waals surface area (Å²) in [6.45, 7) is 3.26. The van der Waals surface area contributed by atoms with Gasteiger partial charge in [0.05, 0.1) is 6.61 Å². The molecule has 0 heterocycles. The molecular weight excluding hydrogens is 803 g/mol. The van der Waals surface area contributed by atoms with Gasteiger partial charge in [-0.15, -0.1) is 0 Å². The number of hydrogen-bond acceptors (Lipinski definition) is 12. The second-order valence-corrected chi connectivity index (χ2v) is 18.0. The fourth-order valence-electron chi connectivity index (χ4n) is 7.08. The SMILES string of the molecule is CCCCCC/C=C/CCCCCCCCCCCC(=O)O[C@H](COC(=O)CCCC/C=C/C/C=C/CCCCCCCC)COP(=O)(O)OC1C(O)C(O)C(O)[C@H](O)C1O. The highest BCUT2D eigenvalue weighted by atomic mass is 31.2. The third-order valence-corrected chi connectivity index (χ3v) is 11.9. The molecule has 1 fully saturated rings. The average Bonchev–Trinajstić information content (AvgIpc) is 3.24. The standard InChI is InChI=1S/C47H85O13P/c1-3-5-7-9-11-13-15-17-19-20-22-24-26-28-30-32-34-36-41(49)59-39(38-58-61(55,56)60-47-45(53)43(51)42(50)44(52)46(47)54)37-57-40(48)35-33-31-29-27-25-23-21-18-16-14-12-10-8-6-4-2/h13,15,18,21,25,27,39,42-47,50-54H,3-12,14,16-17,19-20,22-24,26,28-38H2,1-2H3,(H,55,56)/b15-13+,21-18+,27-25+/t39-,42?,43+,44?,45?,46?,47?/m1/s1. The Morgan fingerprint density at radius 3 is 1.39 bits per heavy atom. The number of phosphoric acid groups is 1. The number of carbonyl (C=O) groups excluding carboxylic acids is 2. The molecule has 0 radical (unpaired) electrons. The number of phosphoric ester groups is 1. The lowest BCUT2D eigenvalue weighted by atomic mass is 9.85. The Morgan fingerprint density at radius 2 is 0.885 bits per heavy atom. The average molecular weight is 889 g/mol. The van der Waals surface area contributed by atoms with Gasteiger partial charge < -0.3 is 39.9 Å². The first-order valence-electron chi connectivity index (χ1n) is 23.8. The molecule has 0 aromatic heterocycles. The highest BCUT2D eigenvalue weighted by Gasteiger charge is 2.51. The Bertz CT molecular complexity index is 1210. The van der Waals surface area contributed by atoms with Gasteiger partial charge in [0.15, 0.2) is 6.10 Å². The second-order valence-electron chi connectivity index (χ2n) is 16.6. The van der Waals surface area contributed by atoms with E-state index in [2.05, 4.69) is 50.3 Å². The van der Waals surface area contributed by atoms with E-state index in [4.69, 9.17) is 18.5 Å². The molecule has 6 N–H and O–H groups in total. The fraction of sp³-hybridized carbons (Fsp3) is 0.830. The van der Waals surface area contributed by atoms with Crippen molar-refractivity contribution in [2.24, 2.45) is 0 Å². The first-order chi connectivity index (χ1) is 29.4. The maximum absolute atomic E-state index is 12.8. The predicted molar refractivity (Wildman–Crippen MR) is 240 cm³/mol. The number of carbonyl (C=O) groups is 2. The van der Waals surface area contributed by atoms with Crippen molar-refractivity contribution in [3.8, 4) is 0 Å². The smallest absolute Gasteiger partial charge is 0.462 e. The molecule has 0 aromatic rings. The second kappa shape index (κ2) is 37.4. The molecule has 6 unspecified atom stereocenters. The molecule has 8 atom stereocenters. The van der Waals surface area contributed by atoms with Crippen molar-refractivity contribution in [2.45, 2.75) is 236 Å². The van der Waals surface area contributed by atoms with Crippen LogP contribution in [-0.2, 0) is 32.7 Å². The minimum Gasteiger partial charge on any atom is -0.462 e. The monoisotopic (exact) mass is 889 g/mol. The molecule has 61 heavy (non-hydrogen) atoms. The Labute approximate surface area is 368 Å². The molecule has 1 rings (SSSR count). The normalized spacial score (nSPS) is 22.3. The van der Waals surface area contributed by atoms with Gasteiger partial charge in [0.1, 0.15) is 43.2 Å². The molecule has 0 spiro atoms. The lowest BCUT2D eigenvalue weighted by molar-refractivity contribution is -0.220. The fourth-order valence-corrected chi connectivity index (χ4v) is 8.05. The number of unbranched alkanes of at least 4 members (excludes halogenated alkanes) is 21. The molecule has 1 aliphatic rings. The summed E-state index contributed by atoms with van der Waals surface area (Å²) in [6, 6.07) is 0. The van der Waals surface area contributed by atoms with Crippen LogP contribution in [0.1, 0.15) is 194 Å². The molecule has 1 aliphatic carbocycles. The first kappa shape index (κ1) is 57.1. The minimum atomic E-state index is -5.12. The molecule has 0 aliphatic heterocycles. The van der Waals surface area contributed by atoms with Crippen LogP contribution in [0.15, 0.2) is 36.5 Å². The van der Waals surface area contributed by atoms with Crippen LogP contribution in [-0.4, -0.2) is 98.3 Å². The van der Waals surface area contributed by atoms with Crippen molar-refractivity contribution in [2.75, 3.05) is 13.2 Å². The van der Waals surface area contributed by atoms with Gasteiger partial charge in [0, 0.05) is 12.8 Å². The maximum Gasteiger partial charge on any atom is 0.472 e. The van der Waals surface area contributed by atoms with Gasteiger partial charge in [-0.1, -0.05) is 147 Å². The summed E-state index contributed by atoms with van der Waals surface area (Å²) in [5.41, 5.74) is 0. The van der Waals surface area contributed by atoms with E-state index < -0.39 is 75.7 Å². The van der Waals surface area contributed by atoms with E-state index in [-0.39, 0.29) is 12.8 Å². The van der Waals surface area contributed by atoms with Crippen LogP contribution in [0.4, 0.5) is 0 Å². The van der Waals surface area contributed by atoms with Gasteiger partial charge >= 0.3 is 19.8 Å². The molecule has 0 amide bonds. The van der Waals surface area contributed by atoms with Crippen molar-refractivity contribution in [1.29, 1.82) is 0 Å². The Kier molecular flexibility index (Phi) is 35.0. The molecule has 1 saturated carbocycles. The van der Waals surface area contributed by atoms with E-state index in [1.54, 1.807) is 0 Å². The van der Waals surface area contributed by atoms with Gasteiger partial charge in [-0.25, -0.2) is 4.57 Å².